The lowest BCUT2D eigenvalue weighted by Crippen LogP contribution is -2.22. The molecule has 0 fully saturated rings. The first-order valence-electron chi connectivity index (χ1n) is 6.61. The molecule has 94 valence electrons. The van der Waals surface area contributed by atoms with E-state index in [1.165, 1.54) is 11.1 Å². The van der Waals surface area contributed by atoms with E-state index in [9.17, 15) is 0 Å². The van der Waals surface area contributed by atoms with Crippen molar-refractivity contribution in [2.75, 3.05) is 6.61 Å². The van der Waals surface area contributed by atoms with Crippen LogP contribution in [0.4, 0.5) is 0 Å². The Balaban J connectivity index is 2.03. The molecule has 0 saturated carbocycles. The van der Waals surface area contributed by atoms with Gasteiger partial charge in [-0.2, -0.15) is 0 Å². The Morgan fingerprint density at radius 2 is 2.12 bits per heavy atom. The molecule has 3 atom stereocenters. The first-order chi connectivity index (χ1) is 8.16. The third-order valence-corrected chi connectivity index (χ3v) is 3.48. The van der Waals surface area contributed by atoms with Crippen LogP contribution in [0.1, 0.15) is 43.9 Å². The molecule has 17 heavy (non-hydrogen) atoms. The molecular weight excluding hydrogens is 210 g/mol. The molecule has 1 aromatic rings. The van der Waals surface area contributed by atoms with Gasteiger partial charge in [0.05, 0.1) is 12.7 Å². The Bertz CT molecular complexity index is 362. The quantitative estimate of drug-likeness (QED) is 0.867. The average Bonchev–Trinajstić information content (AvgIpc) is 2.28. The van der Waals surface area contributed by atoms with Gasteiger partial charge < -0.3 is 10.5 Å². The summed E-state index contributed by atoms with van der Waals surface area (Å²) in [6.45, 7) is 5.20. The van der Waals surface area contributed by atoms with Gasteiger partial charge >= 0.3 is 0 Å². The standard InChI is InChI=1S/C15H23NO/c1-11(9-12(2)16)10-15-14-6-4-3-5-13(14)7-8-17-15/h3-6,11-12,15H,7-10,16H2,1-2H3. The highest BCUT2D eigenvalue weighted by Crippen LogP contribution is 2.32. The van der Waals surface area contributed by atoms with Crippen LogP contribution < -0.4 is 5.73 Å². The van der Waals surface area contributed by atoms with E-state index in [0.717, 1.165) is 25.9 Å². The number of rotatable bonds is 4. The van der Waals surface area contributed by atoms with Gasteiger partial charge in [-0.1, -0.05) is 31.2 Å². The highest BCUT2D eigenvalue weighted by atomic mass is 16.5. The lowest BCUT2D eigenvalue weighted by Gasteiger charge is -2.28. The molecule has 0 aromatic heterocycles. The Labute approximate surface area is 104 Å². The zero-order chi connectivity index (χ0) is 12.3. The number of nitrogens with two attached hydrogens (primary N) is 1. The monoisotopic (exact) mass is 233 g/mol. The van der Waals surface area contributed by atoms with E-state index in [1.807, 2.05) is 0 Å². The second-order valence-electron chi connectivity index (χ2n) is 5.36. The van der Waals surface area contributed by atoms with Crippen molar-refractivity contribution in [2.45, 2.75) is 45.3 Å². The van der Waals surface area contributed by atoms with E-state index < -0.39 is 0 Å². The highest BCUT2D eigenvalue weighted by molar-refractivity contribution is 5.30. The zero-order valence-corrected chi connectivity index (χ0v) is 10.9. The lowest BCUT2D eigenvalue weighted by molar-refractivity contribution is 0.0257. The van der Waals surface area contributed by atoms with Gasteiger partial charge in [0.1, 0.15) is 0 Å². The smallest absolute Gasteiger partial charge is 0.0830 e. The number of hydrogen-bond donors (Lipinski definition) is 1. The van der Waals surface area contributed by atoms with E-state index >= 15 is 0 Å². The number of ether oxygens (including phenoxy) is 1. The van der Waals surface area contributed by atoms with Crippen molar-refractivity contribution in [1.29, 1.82) is 0 Å². The van der Waals surface area contributed by atoms with Gasteiger partial charge in [-0.25, -0.2) is 0 Å². The van der Waals surface area contributed by atoms with Crippen LogP contribution in [0.15, 0.2) is 24.3 Å². The van der Waals surface area contributed by atoms with Gasteiger partial charge in [0.15, 0.2) is 0 Å². The van der Waals surface area contributed by atoms with Crippen molar-refractivity contribution >= 4 is 0 Å². The van der Waals surface area contributed by atoms with Crippen LogP contribution in [-0.2, 0) is 11.2 Å². The molecule has 0 radical (unpaired) electrons. The van der Waals surface area contributed by atoms with E-state index in [2.05, 4.69) is 38.1 Å². The van der Waals surface area contributed by atoms with Crippen LogP contribution in [0, 0.1) is 5.92 Å². The summed E-state index contributed by atoms with van der Waals surface area (Å²) in [6.07, 6.45) is 3.48. The summed E-state index contributed by atoms with van der Waals surface area (Å²) in [5, 5.41) is 0. The SMILES string of the molecule is CC(N)CC(C)CC1OCCc2ccccc21. The Morgan fingerprint density at radius 3 is 2.88 bits per heavy atom. The topological polar surface area (TPSA) is 35.2 Å². The third-order valence-electron chi connectivity index (χ3n) is 3.48. The minimum absolute atomic E-state index is 0.272. The first-order valence-corrected chi connectivity index (χ1v) is 6.61. The summed E-state index contributed by atoms with van der Waals surface area (Å²) in [4.78, 5) is 0. The molecule has 2 heteroatoms. The van der Waals surface area contributed by atoms with E-state index in [-0.39, 0.29) is 12.1 Å². The Hall–Kier alpha value is -0.860. The van der Waals surface area contributed by atoms with Crippen molar-refractivity contribution in [3.05, 3.63) is 35.4 Å². The second kappa shape index (κ2) is 5.65. The zero-order valence-electron chi connectivity index (χ0n) is 10.9. The maximum absolute atomic E-state index is 5.92. The van der Waals surface area contributed by atoms with Gasteiger partial charge in [0.25, 0.3) is 0 Å². The maximum Gasteiger partial charge on any atom is 0.0830 e. The predicted molar refractivity (Wildman–Crippen MR) is 70.9 cm³/mol. The average molecular weight is 233 g/mol. The van der Waals surface area contributed by atoms with Gasteiger partial charge in [0.2, 0.25) is 0 Å². The summed E-state index contributed by atoms with van der Waals surface area (Å²) in [6, 6.07) is 8.94. The molecule has 0 amide bonds. The van der Waals surface area contributed by atoms with Gasteiger partial charge in [-0.3, -0.25) is 0 Å². The highest BCUT2D eigenvalue weighted by Gasteiger charge is 2.22. The van der Waals surface area contributed by atoms with Gasteiger partial charge in [-0.15, -0.1) is 0 Å². The van der Waals surface area contributed by atoms with Crippen LogP contribution in [0.25, 0.3) is 0 Å². The van der Waals surface area contributed by atoms with Crippen LogP contribution in [0.2, 0.25) is 0 Å². The van der Waals surface area contributed by atoms with Crippen LogP contribution >= 0.6 is 0 Å². The number of benzene rings is 1. The minimum Gasteiger partial charge on any atom is -0.373 e. The predicted octanol–water partition coefficient (Wildman–Crippen LogP) is 3.06. The minimum atomic E-state index is 0.272. The van der Waals surface area contributed by atoms with Crippen molar-refractivity contribution in [3.63, 3.8) is 0 Å². The van der Waals surface area contributed by atoms with Crippen molar-refractivity contribution in [2.24, 2.45) is 11.7 Å². The molecule has 0 spiro atoms. The third kappa shape index (κ3) is 3.30. The molecule has 0 bridgehead atoms. The molecule has 0 aliphatic carbocycles. The Kier molecular flexibility index (Phi) is 4.19. The lowest BCUT2D eigenvalue weighted by atomic mass is 9.89. The van der Waals surface area contributed by atoms with Crippen LogP contribution in [-0.4, -0.2) is 12.6 Å². The van der Waals surface area contributed by atoms with E-state index in [0.29, 0.717) is 5.92 Å². The molecule has 0 saturated heterocycles. The summed E-state index contributed by atoms with van der Waals surface area (Å²) in [5.41, 5.74) is 8.69. The van der Waals surface area contributed by atoms with Crippen molar-refractivity contribution in [1.82, 2.24) is 0 Å². The fraction of sp³-hybridized carbons (Fsp3) is 0.600. The molecule has 1 aliphatic heterocycles. The number of hydrogen-bond acceptors (Lipinski definition) is 2. The van der Waals surface area contributed by atoms with Crippen molar-refractivity contribution < 1.29 is 4.74 Å². The van der Waals surface area contributed by atoms with Gasteiger partial charge in [-0.05, 0) is 43.2 Å². The summed E-state index contributed by atoms with van der Waals surface area (Å²) in [5.74, 6) is 0.617. The van der Waals surface area contributed by atoms with E-state index in [1.54, 1.807) is 0 Å². The summed E-state index contributed by atoms with van der Waals surface area (Å²) >= 11 is 0. The fourth-order valence-corrected chi connectivity index (χ4v) is 2.77. The van der Waals surface area contributed by atoms with Crippen molar-refractivity contribution in [3.8, 4) is 0 Å². The first kappa shape index (κ1) is 12.6. The summed E-state index contributed by atoms with van der Waals surface area (Å²) < 4.78 is 5.92. The molecule has 3 unspecified atom stereocenters. The van der Waals surface area contributed by atoms with Crippen LogP contribution in [0.3, 0.4) is 0 Å². The molecule has 1 aromatic carbocycles. The van der Waals surface area contributed by atoms with Gasteiger partial charge in [0, 0.05) is 6.04 Å². The molecule has 1 heterocycles. The number of fused-ring (bicyclic) bond motifs is 1. The Morgan fingerprint density at radius 1 is 1.35 bits per heavy atom. The molecule has 1 aliphatic rings. The fourth-order valence-electron chi connectivity index (χ4n) is 2.77. The van der Waals surface area contributed by atoms with E-state index in [4.69, 9.17) is 10.5 Å². The molecule has 2 nitrogen and oxygen atoms in total. The molecule has 2 N–H and O–H groups in total. The maximum atomic E-state index is 5.92. The molecular formula is C15H23NO. The largest absolute Gasteiger partial charge is 0.373 e. The molecule has 2 rings (SSSR count). The second-order valence-corrected chi connectivity index (χ2v) is 5.36. The normalized spacial score (nSPS) is 22.9. The summed E-state index contributed by atoms with van der Waals surface area (Å²) in [7, 11) is 0. The van der Waals surface area contributed by atoms with Crippen LogP contribution in [0.5, 0.6) is 0 Å².